The van der Waals surface area contributed by atoms with Gasteiger partial charge in [0.1, 0.15) is 16.9 Å². The van der Waals surface area contributed by atoms with E-state index in [0.717, 1.165) is 25.5 Å². The number of piperidine rings is 1. The van der Waals surface area contributed by atoms with E-state index < -0.39 is 4.92 Å². The summed E-state index contributed by atoms with van der Waals surface area (Å²) in [5.74, 6) is -0.356. The molecule has 1 aliphatic heterocycles. The molecule has 0 bridgehead atoms. The summed E-state index contributed by atoms with van der Waals surface area (Å²) in [6.07, 6.45) is 3.87. The van der Waals surface area contributed by atoms with Crippen LogP contribution < -0.4 is 5.32 Å². The zero-order chi connectivity index (χ0) is 15.4. The van der Waals surface area contributed by atoms with Gasteiger partial charge in [-0.1, -0.05) is 11.6 Å². The predicted octanol–water partition coefficient (Wildman–Crippen LogP) is 1.86. The Balaban J connectivity index is 2.33. The third-order valence-corrected chi connectivity index (χ3v) is 3.81. The van der Waals surface area contributed by atoms with Gasteiger partial charge in [-0.05, 0) is 32.4 Å². The Morgan fingerprint density at radius 2 is 2.38 bits per heavy atom. The summed E-state index contributed by atoms with van der Waals surface area (Å²) in [5.41, 5.74) is -0.304. The molecule has 1 fully saturated rings. The van der Waals surface area contributed by atoms with Crippen LogP contribution in [0.4, 0.5) is 5.69 Å². The van der Waals surface area contributed by atoms with Gasteiger partial charge < -0.3 is 10.2 Å². The summed E-state index contributed by atoms with van der Waals surface area (Å²) in [4.78, 5) is 28.5. The Morgan fingerprint density at radius 3 is 3.05 bits per heavy atom. The number of rotatable bonds is 4. The highest BCUT2D eigenvalue weighted by Crippen LogP contribution is 2.25. The maximum atomic E-state index is 12.7. The molecule has 1 atom stereocenters. The van der Waals surface area contributed by atoms with Gasteiger partial charge in [-0.2, -0.15) is 0 Å². The third-order valence-electron chi connectivity index (χ3n) is 3.60. The number of carbonyl (C=O) groups excluding carboxylic acids is 1. The second-order valence-corrected chi connectivity index (χ2v) is 5.37. The summed E-state index contributed by atoms with van der Waals surface area (Å²) in [5, 5.41) is 14.2. The van der Waals surface area contributed by atoms with Crippen LogP contribution in [0.1, 0.15) is 29.6 Å². The number of aromatic nitrogens is 1. The first kappa shape index (κ1) is 15.7. The molecule has 1 unspecified atom stereocenters. The van der Waals surface area contributed by atoms with E-state index in [-0.39, 0.29) is 28.4 Å². The molecule has 0 spiro atoms. The molecule has 1 aromatic heterocycles. The van der Waals surface area contributed by atoms with Crippen LogP contribution in [-0.2, 0) is 0 Å². The van der Waals surface area contributed by atoms with Crippen molar-refractivity contribution in [2.75, 3.05) is 20.1 Å². The minimum Gasteiger partial charge on any atom is -0.334 e. The lowest BCUT2D eigenvalue weighted by Gasteiger charge is -2.35. The molecular weight excluding hydrogens is 296 g/mol. The second-order valence-electron chi connectivity index (χ2n) is 4.99. The van der Waals surface area contributed by atoms with Crippen molar-refractivity contribution in [1.29, 1.82) is 0 Å². The number of hydrogen-bond donors (Lipinski definition) is 1. The van der Waals surface area contributed by atoms with Gasteiger partial charge in [0.15, 0.2) is 0 Å². The SMILES string of the molecule is CNCC1CCCCN1C(=O)c1cc(Cl)ncc1[N+](=O)[O-]. The quantitative estimate of drug-likeness (QED) is 0.521. The number of nitrogens with one attached hydrogen (secondary N) is 1. The van der Waals surface area contributed by atoms with Gasteiger partial charge in [0.2, 0.25) is 0 Å². The van der Waals surface area contributed by atoms with Crippen LogP contribution in [0.2, 0.25) is 5.15 Å². The average molecular weight is 313 g/mol. The van der Waals surface area contributed by atoms with Crippen molar-refractivity contribution in [3.05, 3.63) is 33.1 Å². The van der Waals surface area contributed by atoms with Gasteiger partial charge in [0, 0.05) is 19.1 Å². The van der Waals surface area contributed by atoms with Crippen molar-refractivity contribution in [3.63, 3.8) is 0 Å². The van der Waals surface area contributed by atoms with E-state index in [1.54, 1.807) is 4.90 Å². The fourth-order valence-corrected chi connectivity index (χ4v) is 2.77. The topological polar surface area (TPSA) is 88.4 Å². The molecule has 0 radical (unpaired) electrons. The highest BCUT2D eigenvalue weighted by Gasteiger charge is 2.31. The third kappa shape index (κ3) is 3.48. The van der Waals surface area contributed by atoms with E-state index in [2.05, 4.69) is 10.3 Å². The Morgan fingerprint density at radius 1 is 1.62 bits per heavy atom. The second kappa shape index (κ2) is 6.82. The number of carbonyl (C=O) groups is 1. The van der Waals surface area contributed by atoms with Crippen LogP contribution >= 0.6 is 11.6 Å². The van der Waals surface area contributed by atoms with Crippen molar-refractivity contribution in [3.8, 4) is 0 Å². The number of nitrogens with zero attached hydrogens (tertiary/aromatic N) is 3. The van der Waals surface area contributed by atoms with E-state index in [4.69, 9.17) is 11.6 Å². The number of likely N-dealkylation sites (tertiary alicyclic amines) is 1. The normalized spacial score (nSPS) is 18.6. The maximum absolute atomic E-state index is 12.7. The van der Waals surface area contributed by atoms with E-state index in [1.807, 2.05) is 7.05 Å². The molecule has 1 aromatic rings. The fourth-order valence-electron chi connectivity index (χ4n) is 2.61. The largest absolute Gasteiger partial charge is 0.334 e. The molecule has 1 N–H and O–H groups in total. The molecule has 8 heteroatoms. The summed E-state index contributed by atoms with van der Waals surface area (Å²) in [6, 6.07) is 1.32. The Hall–Kier alpha value is -1.73. The molecular formula is C13H17ClN4O3. The molecule has 7 nitrogen and oxygen atoms in total. The van der Waals surface area contributed by atoms with Crippen molar-refractivity contribution < 1.29 is 9.72 Å². The van der Waals surface area contributed by atoms with Crippen LogP contribution in [0, 0.1) is 10.1 Å². The summed E-state index contributed by atoms with van der Waals surface area (Å²) in [7, 11) is 1.82. The predicted molar refractivity (Wildman–Crippen MR) is 78.5 cm³/mol. The molecule has 2 heterocycles. The standard InChI is InChI=1S/C13H17ClN4O3/c1-15-7-9-4-2-3-5-17(9)13(19)10-6-12(14)16-8-11(10)18(20)21/h6,8-9,15H,2-5,7H2,1H3. The van der Waals surface area contributed by atoms with Crippen molar-refractivity contribution >= 4 is 23.2 Å². The molecule has 2 rings (SSSR count). The molecule has 114 valence electrons. The number of likely N-dealkylation sites (N-methyl/N-ethyl adjacent to an activating group) is 1. The minimum absolute atomic E-state index is 0.00278. The Bertz CT molecular complexity index is 550. The lowest BCUT2D eigenvalue weighted by atomic mass is 10.0. The van der Waals surface area contributed by atoms with Gasteiger partial charge in [-0.3, -0.25) is 14.9 Å². The maximum Gasteiger partial charge on any atom is 0.300 e. The van der Waals surface area contributed by atoms with Crippen LogP contribution in [0.3, 0.4) is 0 Å². The summed E-state index contributed by atoms with van der Waals surface area (Å²) >= 11 is 5.79. The Kier molecular flexibility index (Phi) is 5.08. The van der Waals surface area contributed by atoms with Gasteiger partial charge in [-0.15, -0.1) is 0 Å². The zero-order valence-corrected chi connectivity index (χ0v) is 12.5. The summed E-state index contributed by atoms with van der Waals surface area (Å²) in [6.45, 7) is 1.26. The molecule has 21 heavy (non-hydrogen) atoms. The molecule has 1 saturated heterocycles. The highest BCUT2D eigenvalue weighted by molar-refractivity contribution is 6.29. The molecule has 0 saturated carbocycles. The van der Waals surface area contributed by atoms with Gasteiger partial charge in [0.05, 0.1) is 4.92 Å². The monoisotopic (exact) mass is 312 g/mol. The number of nitro groups is 1. The van der Waals surface area contributed by atoms with Crippen molar-refractivity contribution in [2.45, 2.75) is 25.3 Å². The van der Waals surface area contributed by atoms with Crippen LogP contribution in [0.15, 0.2) is 12.3 Å². The van der Waals surface area contributed by atoms with Crippen LogP contribution in [-0.4, -0.2) is 46.9 Å². The lowest BCUT2D eigenvalue weighted by Crippen LogP contribution is -2.48. The molecule has 1 aliphatic rings. The minimum atomic E-state index is -0.604. The number of pyridine rings is 1. The lowest BCUT2D eigenvalue weighted by molar-refractivity contribution is -0.385. The van der Waals surface area contributed by atoms with Crippen LogP contribution in [0.5, 0.6) is 0 Å². The average Bonchev–Trinajstić information content (AvgIpc) is 2.47. The van der Waals surface area contributed by atoms with E-state index in [0.29, 0.717) is 13.1 Å². The van der Waals surface area contributed by atoms with Crippen LogP contribution in [0.25, 0.3) is 0 Å². The molecule has 0 aromatic carbocycles. The first-order chi connectivity index (χ1) is 10.0. The van der Waals surface area contributed by atoms with Gasteiger partial charge >= 0.3 is 0 Å². The van der Waals surface area contributed by atoms with E-state index in [1.165, 1.54) is 6.07 Å². The number of hydrogen-bond acceptors (Lipinski definition) is 5. The molecule has 1 amide bonds. The number of halogens is 1. The highest BCUT2D eigenvalue weighted by atomic mass is 35.5. The Labute approximate surface area is 127 Å². The fraction of sp³-hybridized carbons (Fsp3) is 0.538. The summed E-state index contributed by atoms with van der Waals surface area (Å²) < 4.78 is 0. The first-order valence-electron chi connectivity index (χ1n) is 6.80. The smallest absolute Gasteiger partial charge is 0.300 e. The van der Waals surface area contributed by atoms with Gasteiger partial charge in [0.25, 0.3) is 11.6 Å². The first-order valence-corrected chi connectivity index (χ1v) is 7.18. The van der Waals surface area contributed by atoms with Crippen molar-refractivity contribution in [2.24, 2.45) is 0 Å². The van der Waals surface area contributed by atoms with Crippen molar-refractivity contribution in [1.82, 2.24) is 15.2 Å². The van der Waals surface area contributed by atoms with Gasteiger partial charge in [-0.25, -0.2) is 4.98 Å². The number of amides is 1. The molecule has 0 aliphatic carbocycles. The van der Waals surface area contributed by atoms with E-state index in [9.17, 15) is 14.9 Å². The zero-order valence-electron chi connectivity index (χ0n) is 11.7. The van der Waals surface area contributed by atoms with E-state index >= 15 is 0 Å².